The molecule has 1 rings (SSSR count). The van der Waals surface area contributed by atoms with Gasteiger partial charge in [0, 0.05) is 18.5 Å². The number of hydrogen-bond acceptors (Lipinski definition) is 2. The highest BCUT2D eigenvalue weighted by Gasteiger charge is 2.22. The molecular weight excluding hydrogens is 188 g/mol. The highest BCUT2D eigenvalue weighted by molar-refractivity contribution is 5.76. The molecule has 1 fully saturated rings. The summed E-state index contributed by atoms with van der Waals surface area (Å²) in [7, 11) is 0. The van der Waals surface area contributed by atoms with E-state index in [0.717, 1.165) is 19.4 Å². The van der Waals surface area contributed by atoms with Crippen LogP contribution in [0.5, 0.6) is 0 Å². The van der Waals surface area contributed by atoms with Gasteiger partial charge in [0.1, 0.15) is 0 Å². The fourth-order valence-electron chi connectivity index (χ4n) is 1.97. The Balaban J connectivity index is 2.29. The lowest BCUT2D eigenvalue weighted by Gasteiger charge is -2.30. The molecule has 0 radical (unpaired) electrons. The van der Waals surface area contributed by atoms with Gasteiger partial charge in [-0.25, -0.2) is 0 Å². The minimum Gasteiger partial charge on any atom is -0.352 e. The molecule has 1 heterocycles. The average Bonchev–Trinajstić information content (AvgIpc) is 2.21. The van der Waals surface area contributed by atoms with Crippen molar-refractivity contribution in [2.75, 3.05) is 6.54 Å². The molecular formula is C12H24N2O. The predicted octanol–water partition coefficient (Wildman–Crippen LogP) is 1.68. The van der Waals surface area contributed by atoms with Gasteiger partial charge in [-0.15, -0.1) is 0 Å². The second-order valence-corrected chi connectivity index (χ2v) is 4.78. The normalized spacial score (nSPS) is 28.5. The van der Waals surface area contributed by atoms with Gasteiger partial charge in [0.25, 0.3) is 0 Å². The van der Waals surface area contributed by atoms with E-state index in [9.17, 15) is 4.79 Å². The monoisotopic (exact) mass is 212 g/mol. The smallest absolute Gasteiger partial charge is 0.220 e. The first-order chi connectivity index (χ1) is 7.13. The Kier molecular flexibility index (Phi) is 5.09. The van der Waals surface area contributed by atoms with E-state index < -0.39 is 0 Å². The number of amides is 1. The van der Waals surface area contributed by atoms with E-state index in [2.05, 4.69) is 31.4 Å². The topological polar surface area (TPSA) is 41.1 Å². The number of hydrogen-bond donors (Lipinski definition) is 2. The first-order valence-electron chi connectivity index (χ1n) is 6.16. The second-order valence-electron chi connectivity index (χ2n) is 4.78. The minimum atomic E-state index is 0.213. The van der Waals surface area contributed by atoms with Gasteiger partial charge in [-0.05, 0) is 32.2 Å². The fraction of sp³-hybridized carbons (Fsp3) is 0.917. The molecule has 3 unspecified atom stereocenters. The van der Waals surface area contributed by atoms with Gasteiger partial charge < -0.3 is 10.6 Å². The largest absolute Gasteiger partial charge is 0.352 e. The molecule has 1 aliphatic rings. The molecule has 1 saturated heterocycles. The van der Waals surface area contributed by atoms with Crippen LogP contribution in [0.3, 0.4) is 0 Å². The van der Waals surface area contributed by atoms with Crippen LogP contribution in [0.15, 0.2) is 0 Å². The molecule has 3 atom stereocenters. The van der Waals surface area contributed by atoms with E-state index in [1.807, 2.05) is 0 Å². The summed E-state index contributed by atoms with van der Waals surface area (Å²) in [5.74, 6) is 0.710. The molecule has 0 aromatic rings. The van der Waals surface area contributed by atoms with Crippen molar-refractivity contribution in [3.8, 4) is 0 Å². The van der Waals surface area contributed by atoms with Crippen molar-refractivity contribution in [2.24, 2.45) is 5.92 Å². The number of piperidine rings is 1. The predicted molar refractivity (Wildman–Crippen MR) is 62.7 cm³/mol. The maximum absolute atomic E-state index is 11.7. The Morgan fingerprint density at radius 2 is 2.33 bits per heavy atom. The third-order valence-corrected chi connectivity index (χ3v) is 3.34. The fourth-order valence-corrected chi connectivity index (χ4v) is 1.97. The molecule has 0 aliphatic carbocycles. The van der Waals surface area contributed by atoms with Crippen LogP contribution < -0.4 is 10.6 Å². The summed E-state index contributed by atoms with van der Waals surface area (Å²) >= 11 is 0. The molecule has 15 heavy (non-hydrogen) atoms. The Bertz CT molecular complexity index is 206. The van der Waals surface area contributed by atoms with Crippen LogP contribution in [0.2, 0.25) is 0 Å². The Labute approximate surface area is 93.0 Å². The summed E-state index contributed by atoms with van der Waals surface area (Å²) in [6.45, 7) is 7.48. The quantitative estimate of drug-likeness (QED) is 0.744. The van der Waals surface area contributed by atoms with E-state index in [1.54, 1.807) is 0 Å². The lowest BCUT2D eigenvalue weighted by atomic mass is 9.98. The average molecular weight is 212 g/mol. The van der Waals surface area contributed by atoms with E-state index in [4.69, 9.17) is 0 Å². The molecule has 0 aromatic carbocycles. The summed E-state index contributed by atoms with van der Waals surface area (Å²) in [6.07, 6.45) is 4.02. The lowest BCUT2D eigenvalue weighted by molar-refractivity contribution is -0.123. The summed E-state index contributed by atoms with van der Waals surface area (Å²) in [5, 5.41) is 6.52. The number of carbonyl (C=O) groups is 1. The minimum absolute atomic E-state index is 0.213. The van der Waals surface area contributed by atoms with Crippen LogP contribution in [0.4, 0.5) is 0 Å². The third-order valence-electron chi connectivity index (χ3n) is 3.34. The molecule has 88 valence electrons. The molecule has 3 heteroatoms. The zero-order chi connectivity index (χ0) is 11.3. The number of nitrogens with one attached hydrogen (secondary N) is 2. The lowest BCUT2D eigenvalue weighted by Crippen LogP contribution is -2.52. The van der Waals surface area contributed by atoms with Crippen LogP contribution in [0.1, 0.15) is 46.5 Å². The highest BCUT2D eigenvalue weighted by Crippen LogP contribution is 2.10. The van der Waals surface area contributed by atoms with Gasteiger partial charge in [0.05, 0.1) is 0 Å². The van der Waals surface area contributed by atoms with Gasteiger partial charge in [0.15, 0.2) is 0 Å². The van der Waals surface area contributed by atoms with Crippen molar-refractivity contribution in [2.45, 2.75) is 58.5 Å². The Morgan fingerprint density at radius 3 is 2.93 bits per heavy atom. The summed E-state index contributed by atoms with van der Waals surface area (Å²) in [4.78, 5) is 11.7. The molecule has 3 nitrogen and oxygen atoms in total. The maximum atomic E-state index is 11.7. The summed E-state index contributed by atoms with van der Waals surface area (Å²) in [5.41, 5.74) is 0. The van der Waals surface area contributed by atoms with Gasteiger partial charge in [-0.3, -0.25) is 4.79 Å². The van der Waals surface area contributed by atoms with Crippen LogP contribution in [-0.4, -0.2) is 24.5 Å². The zero-order valence-electron chi connectivity index (χ0n) is 10.2. The van der Waals surface area contributed by atoms with Gasteiger partial charge in [-0.1, -0.05) is 20.3 Å². The molecule has 0 aromatic heterocycles. The molecule has 1 amide bonds. The molecule has 0 spiro atoms. The van der Waals surface area contributed by atoms with Crippen molar-refractivity contribution in [3.63, 3.8) is 0 Å². The first-order valence-corrected chi connectivity index (χ1v) is 6.16. The van der Waals surface area contributed by atoms with Gasteiger partial charge >= 0.3 is 0 Å². The van der Waals surface area contributed by atoms with Crippen molar-refractivity contribution in [1.82, 2.24) is 10.6 Å². The molecule has 0 bridgehead atoms. The summed E-state index contributed by atoms with van der Waals surface area (Å²) in [6, 6.07) is 0.745. The number of carbonyl (C=O) groups excluding carboxylic acids is 1. The zero-order valence-corrected chi connectivity index (χ0v) is 10.2. The molecule has 1 aliphatic heterocycles. The van der Waals surface area contributed by atoms with Crippen molar-refractivity contribution in [3.05, 3.63) is 0 Å². The van der Waals surface area contributed by atoms with Crippen LogP contribution in [0.25, 0.3) is 0 Å². The number of rotatable bonds is 4. The van der Waals surface area contributed by atoms with Crippen molar-refractivity contribution < 1.29 is 4.79 Å². The van der Waals surface area contributed by atoms with E-state index in [0.29, 0.717) is 24.4 Å². The first kappa shape index (κ1) is 12.5. The molecule has 2 N–H and O–H groups in total. The van der Waals surface area contributed by atoms with Crippen LogP contribution in [0, 0.1) is 5.92 Å². The maximum Gasteiger partial charge on any atom is 0.220 e. The second kappa shape index (κ2) is 6.11. The van der Waals surface area contributed by atoms with Gasteiger partial charge in [0.2, 0.25) is 5.91 Å². The SMILES string of the molecule is CCC(C)CC(=O)NC1CCCNC1C. The standard InChI is InChI=1S/C12H24N2O/c1-4-9(2)8-12(15)14-11-6-5-7-13-10(11)3/h9-11,13H,4-8H2,1-3H3,(H,14,15). The molecule has 0 saturated carbocycles. The summed E-state index contributed by atoms with van der Waals surface area (Å²) < 4.78 is 0. The Morgan fingerprint density at radius 1 is 1.60 bits per heavy atom. The van der Waals surface area contributed by atoms with E-state index in [1.165, 1.54) is 6.42 Å². The van der Waals surface area contributed by atoms with E-state index in [-0.39, 0.29) is 5.91 Å². The van der Waals surface area contributed by atoms with Crippen LogP contribution >= 0.6 is 0 Å². The van der Waals surface area contributed by atoms with Crippen molar-refractivity contribution >= 4 is 5.91 Å². The third kappa shape index (κ3) is 4.20. The van der Waals surface area contributed by atoms with Crippen molar-refractivity contribution in [1.29, 1.82) is 0 Å². The van der Waals surface area contributed by atoms with E-state index >= 15 is 0 Å². The Hall–Kier alpha value is -0.570. The van der Waals surface area contributed by atoms with Crippen LogP contribution in [-0.2, 0) is 4.79 Å². The highest BCUT2D eigenvalue weighted by atomic mass is 16.1. The van der Waals surface area contributed by atoms with Gasteiger partial charge in [-0.2, -0.15) is 0 Å².